The fraction of sp³-hybridized carbons (Fsp3) is 0.0189. The largest absolute Gasteiger partial charge is 0.453 e. The van der Waals surface area contributed by atoms with Crippen LogP contribution in [0.15, 0.2) is 205 Å². The lowest BCUT2D eigenvalue weighted by molar-refractivity contribution is 0.673. The first-order valence-electron chi connectivity index (χ1n) is 19.2. The lowest BCUT2D eigenvalue weighted by Crippen LogP contribution is -2.28. The third kappa shape index (κ3) is 4.32. The van der Waals surface area contributed by atoms with Gasteiger partial charge in [-0.1, -0.05) is 158 Å². The monoisotopic (exact) mass is 731 g/mol. The van der Waals surface area contributed by atoms with Gasteiger partial charge in [-0.3, -0.25) is 0 Å². The first kappa shape index (κ1) is 31.4. The molecule has 1 aliphatic rings. The van der Waals surface area contributed by atoms with E-state index in [1.807, 2.05) is 11.3 Å². The van der Waals surface area contributed by atoms with Crippen molar-refractivity contribution < 1.29 is 4.42 Å². The molecule has 2 heterocycles. The van der Waals surface area contributed by atoms with Gasteiger partial charge in [0.15, 0.2) is 5.58 Å². The number of rotatable bonds is 5. The molecule has 0 radical (unpaired) electrons. The van der Waals surface area contributed by atoms with Crippen LogP contribution in [0.4, 0.5) is 17.1 Å². The highest BCUT2D eigenvalue weighted by Crippen LogP contribution is 2.60. The molecule has 0 saturated carbocycles. The molecule has 262 valence electrons. The van der Waals surface area contributed by atoms with Crippen LogP contribution in [0.3, 0.4) is 0 Å². The molecular formula is C53H33NOS. The van der Waals surface area contributed by atoms with E-state index >= 15 is 0 Å². The highest BCUT2D eigenvalue weighted by Gasteiger charge is 2.47. The molecule has 0 amide bonds. The molecule has 0 bridgehead atoms. The third-order valence-corrected chi connectivity index (χ3v) is 13.1. The van der Waals surface area contributed by atoms with E-state index in [1.54, 1.807) is 0 Å². The molecule has 12 rings (SSSR count). The predicted octanol–water partition coefficient (Wildman–Crippen LogP) is 14.9. The average molecular weight is 732 g/mol. The second-order valence-corrected chi connectivity index (χ2v) is 15.8. The molecule has 0 atom stereocenters. The van der Waals surface area contributed by atoms with Crippen molar-refractivity contribution in [2.45, 2.75) is 5.41 Å². The van der Waals surface area contributed by atoms with Crippen molar-refractivity contribution in [3.05, 3.63) is 222 Å². The van der Waals surface area contributed by atoms with Gasteiger partial charge in [0.1, 0.15) is 5.58 Å². The van der Waals surface area contributed by atoms with E-state index in [2.05, 4.69) is 205 Å². The Morgan fingerprint density at radius 2 is 1.04 bits per heavy atom. The summed E-state index contributed by atoms with van der Waals surface area (Å²) in [4.78, 5) is 2.46. The number of hydrogen-bond acceptors (Lipinski definition) is 3. The number of para-hydroxylation sites is 1. The van der Waals surface area contributed by atoms with Crippen LogP contribution >= 0.6 is 11.3 Å². The molecule has 0 fully saturated rings. The molecule has 2 aromatic heterocycles. The van der Waals surface area contributed by atoms with E-state index in [1.165, 1.54) is 58.9 Å². The molecule has 56 heavy (non-hydrogen) atoms. The Labute approximate surface area is 328 Å². The van der Waals surface area contributed by atoms with E-state index in [0.29, 0.717) is 0 Å². The molecule has 11 aromatic rings. The van der Waals surface area contributed by atoms with Gasteiger partial charge < -0.3 is 9.32 Å². The zero-order valence-corrected chi connectivity index (χ0v) is 31.1. The molecule has 0 unspecified atom stereocenters. The lowest BCUT2D eigenvalue weighted by atomic mass is 9.68. The minimum absolute atomic E-state index is 0.520. The first-order valence-corrected chi connectivity index (χ1v) is 20.0. The third-order valence-electron chi connectivity index (χ3n) is 11.9. The normalized spacial score (nSPS) is 13.1. The van der Waals surface area contributed by atoms with Gasteiger partial charge in [0.25, 0.3) is 0 Å². The fourth-order valence-corrected chi connectivity index (χ4v) is 10.7. The Bertz CT molecular complexity index is 3280. The maximum atomic E-state index is 7.09. The second kappa shape index (κ2) is 12.0. The van der Waals surface area contributed by atoms with Crippen molar-refractivity contribution in [2.24, 2.45) is 0 Å². The number of anilines is 3. The van der Waals surface area contributed by atoms with Crippen molar-refractivity contribution in [2.75, 3.05) is 4.90 Å². The highest BCUT2D eigenvalue weighted by molar-refractivity contribution is 7.25. The van der Waals surface area contributed by atoms with Crippen molar-refractivity contribution >= 4 is 81.3 Å². The summed E-state index contributed by atoms with van der Waals surface area (Å²) in [6.07, 6.45) is 0. The van der Waals surface area contributed by atoms with Gasteiger partial charge in [0, 0.05) is 47.6 Å². The summed E-state index contributed by atoms with van der Waals surface area (Å²) in [5.41, 5.74) is 12.0. The Morgan fingerprint density at radius 1 is 0.411 bits per heavy atom. The smallest absolute Gasteiger partial charge is 0.159 e. The van der Waals surface area contributed by atoms with E-state index < -0.39 is 5.41 Å². The van der Waals surface area contributed by atoms with Gasteiger partial charge >= 0.3 is 0 Å². The quantitative estimate of drug-likeness (QED) is 0.175. The lowest BCUT2D eigenvalue weighted by Gasteiger charge is -2.34. The number of thiophene rings is 1. The number of fused-ring (bicyclic) bond motifs is 11. The Balaban J connectivity index is 1.21. The summed E-state index contributed by atoms with van der Waals surface area (Å²) in [6.45, 7) is 0. The Morgan fingerprint density at radius 3 is 1.88 bits per heavy atom. The summed E-state index contributed by atoms with van der Waals surface area (Å²) in [5, 5.41) is 7.05. The molecule has 9 aromatic carbocycles. The molecule has 1 aliphatic carbocycles. The highest BCUT2D eigenvalue weighted by atomic mass is 32.1. The molecule has 3 heteroatoms. The van der Waals surface area contributed by atoms with Gasteiger partial charge in [-0.25, -0.2) is 0 Å². The molecular weight excluding hydrogens is 699 g/mol. The van der Waals surface area contributed by atoms with Gasteiger partial charge in [0.2, 0.25) is 0 Å². The van der Waals surface area contributed by atoms with E-state index in [-0.39, 0.29) is 0 Å². The zero-order chi connectivity index (χ0) is 36.8. The summed E-state index contributed by atoms with van der Waals surface area (Å²) in [7, 11) is 0. The maximum absolute atomic E-state index is 7.09. The first-order chi connectivity index (χ1) is 27.8. The summed E-state index contributed by atoms with van der Waals surface area (Å²) >= 11 is 1.85. The summed E-state index contributed by atoms with van der Waals surface area (Å²) in [6, 6.07) is 73.3. The van der Waals surface area contributed by atoms with Crippen molar-refractivity contribution in [3.8, 4) is 11.1 Å². The summed E-state index contributed by atoms with van der Waals surface area (Å²) in [5.74, 6) is 0. The summed E-state index contributed by atoms with van der Waals surface area (Å²) < 4.78 is 9.66. The Hall–Kier alpha value is -6.94. The van der Waals surface area contributed by atoms with Crippen LogP contribution in [-0.2, 0) is 5.41 Å². The number of benzene rings is 9. The predicted molar refractivity (Wildman–Crippen MR) is 236 cm³/mol. The SMILES string of the molecule is c1ccc(C2(c3ccccc3)c3ccccc3-c3c(N(c4ccc5sc6ccccc6c5c4)c4cccc5c4oc4c6ccccc6ccc54)cccc32)cc1. The van der Waals surface area contributed by atoms with Gasteiger partial charge in [-0.05, 0) is 75.7 Å². The second-order valence-electron chi connectivity index (χ2n) is 14.8. The number of furan rings is 1. The van der Waals surface area contributed by atoms with E-state index in [0.717, 1.165) is 44.4 Å². The van der Waals surface area contributed by atoms with Crippen LogP contribution in [0, 0.1) is 0 Å². The van der Waals surface area contributed by atoms with Gasteiger partial charge in [-0.15, -0.1) is 11.3 Å². The standard InChI is InChI=1S/C53H33NOS/c1-3-16-35(17-4-1)53(36-18-5-2-6-19-36)44-24-11-9-22-42(44)50-45(53)25-14-26-46(50)54(37-30-32-49-43(33-37)39-21-10-12-28-48(39)56-49)47-27-13-23-40-41-31-29-34-15-7-8-20-38(34)51(41)55-52(40)47/h1-33H. The fourth-order valence-electron chi connectivity index (χ4n) is 9.61. The van der Waals surface area contributed by atoms with Gasteiger partial charge in [0.05, 0.1) is 16.8 Å². The van der Waals surface area contributed by atoms with Crippen molar-refractivity contribution in [1.82, 2.24) is 0 Å². The van der Waals surface area contributed by atoms with Crippen LogP contribution < -0.4 is 4.90 Å². The number of hydrogen-bond donors (Lipinski definition) is 0. The van der Waals surface area contributed by atoms with Crippen LogP contribution in [0.5, 0.6) is 0 Å². The van der Waals surface area contributed by atoms with Gasteiger partial charge in [-0.2, -0.15) is 0 Å². The minimum atomic E-state index is -0.520. The zero-order valence-electron chi connectivity index (χ0n) is 30.3. The van der Waals surface area contributed by atoms with Crippen LogP contribution in [0.25, 0.3) is 64.0 Å². The minimum Gasteiger partial charge on any atom is -0.453 e. The molecule has 0 saturated heterocycles. The van der Waals surface area contributed by atoms with E-state index in [9.17, 15) is 0 Å². The van der Waals surface area contributed by atoms with Crippen LogP contribution in [-0.4, -0.2) is 0 Å². The molecule has 0 spiro atoms. The van der Waals surface area contributed by atoms with Crippen molar-refractivity contribution in [1.29, 1.82) is 0 Å². The van der Waals surface area contributed by atoms with Crippen molar-refractivity contribution in [3.63, 3.8) is 0 Å². The maximum Gasteiger partial charge on any atom is 0.159 e. The van der Waals surface area contributed by atoms with Crippen LogP contribution in [0.2, 0.25) is 0 Å². The average Bonchev–Trinajstić information content (AvgIpc) is 3.94. The van der Waals surface area contributed by atoms with Crippen LogP contribution in [0.1, 0.15) is 22.3 Å². The van der Waals surface area contributed by atoms with E-state index in [4.69, 9.17) is 4.42 Å². The molecule has 0 N–H and O–H groups in total. The number of nitrogens with zero attached hydrogens (tertiary/aromatic N) is 1. The molecule has 0 aliphatic heterocycles. The molecule has 2 nitrogen and oxygen atoms in total. The Kier molecular flexibility index (Phi) is 6.75. The topological polar surface area (TPSA) is 16.4 Å².